The smallest absolute Gasteiger partial charge is 0.130 e. The quantitative estimate of drug-likeness (QED) is 0.670. The molecule has 0 spiro atoms. The number of benzene rings is 2. The summed E-state index contributed by atoms with van der Waals surface area (Å²) < 4.78 is 5.87. The van der Waals surface area contributed by atoms with Crippen LogP contribution in [0.5, 0.6) is 5.75 Å². The Kier molecular flexibility index (Phi) is 3.65. The SMILES string of the molecule is N=C(N)c1ccccc1OCC1Cc2ccccc2S1. The molecule has 102 valence electrons. The van der Waals surface area contributed by atoms with Crippen molar-refractivity contribution < 1.29 is 4.74 Å². The summed E-state index contributed by atoms with van der Waals surface area (Å²) in [4.78, 5) is 1.35. The van der Waals surface area contributed by atoms with Gasteiger partial charge in [-0.15, -0.1) is 11.8 Å². The zero-order chi connectivity index (χ0) is 13.9. The molecule has 1 aliphatic heterocycles. The molecule has 0 bridgehead atoms. The standard InChI is InChI=1S/C16H16N2OS/c17-16(18)13-6-2-3-7-14(13)19-10-12-9-11-5-1-4-8-15(11)20-12/h1-8,12H,9-10H2,(H3,17,18). The molecule has 3 N–H and O–H groups in total. The molecule has 3 rings (SSSR count). The summed E-state index contributed by atoms with van der Waals surface area (Å²) in [7, 11) is 0. The van der Waals surface area contributed by atoms with E-state index in [0.29, 0.717) is 23.2 Å². The Morgan fingerprint density at radius 1 is 1.20 bits per heavy atom. The average molecular weight is 284 g/mol. The highest BCUT2D eigenvalue weighted by molar-refractivity contribution is 8.00. The molecule has 3 nitrogen and oxygen atoms in total. The van der Waals surface area contributed by atoms with Crippen LogP contribution in [0.3, 0.4) is 0 Å². The first-order valence-electron chi connectivity index (χ1n) is 6.55. The predicted octanol–water partition coefficient (Wildman–Crippen LogP) is 3.07. The summed E-state index contributed by atoms with van der Waals surface area (Å²) in [5.74, 6) is 0.736. The van der Waals surface area contributed by atoms with E-state index < -0.39 is 0 Å². The summed E-state index contributed by atoms with van der Waals surface area (Å²) in [6.45, 7) is 0.629. The van der Waals surface area contributed by atoms with Crippen LogP contribution in [-0.2, 0) is 6.42 Å². The van der Waals surface area contributed by atoms with Crippen molar-refractivity contribution in [2.45, 2.75) is 16.6 Å². The highest BCUT2D eigenvalue weighted by Crippen LogP contribution is 2.37. The monoisotopic (exact) mass is 284 g/mol. The van der Waals surface area contributed by atoms with Gasteiger partial charge in [0.2, 0.25) is 0 Å². The second-order valence-corrected chi connectivity index (χ2v) is 6.11. The van der Waals surface area contributed by atoms with E-state index in [9.17, 15) is 0 Å². The lowest BCUT2D eigenvalue weighted by atomic mass is 10.1. The molecule has 1 heterocycles. The van der Waals surface area contributed by atoms with Gasteiger partial charge in [-0.25, -0.2) is 0 Å². The minimum absolute atomic E-state index is 0.0444. The van der Waals surface area contributed by atoms with E-state index in [0.717, 1.165) is 6.42 Å². The van der Waals surface area contributed by atoms with E-state index in [1.54, 1.807) is 0 Å². The van der Waals surface area contributed by atoms with E-state index in [1.807, 2.05) is 36.0 Å². The van der Waals surface area contributed by atoms with Crippen molar-refractivity contribution in [1.82, 2.24) is 0 Å². The van der Waals surface area contributed by atoms with Crippen LogP contribution >= 0.6 is 11.8 Å². The Hall–Kier alpha value is -1.94. The van der Waals surface area contributed by atoms with Gasteiger partial charge in [0.05, 0.1) is 5.56 Å². The molecule has 0 saturated heterocycles. The molecule has 2 aromatic rings. The predicted molar refractivity (Wildman–Crippen MR) is 82.7 cm³/mol. The molecule has 0 amide bonds. The largest absolute Gasteiger partial charge is 0.492 e. The Morgan fingerprint density at radius 3 is 2.75 bits per heavy atom. The second kappa shape index (κ2) is 5.59. The lowest BCUT2D eigenvalue weighted by Crippen LogP contribution is -2.17. The molecule has 0 fully saturated rings. The van der Waals surface area contributed by atoms with Crippen LogP contribution in [0.1, 0.15) is 11.1 Å². The number of amidine groups is 1. The fraction of sp³-hybridized carbons (Fsp3) is 0.188. The number of fused-ring (bicyclic) bond motifs is 1. The summed E-state index contributed by atoms with van der Waals surface area (Å²) in [6, 6.07) is 15.9. The number of nitrogens with two attached hydrogens (primary N) is 1. The number of rotatable bonds is 4. The van der Waals surface area contributed by atoms with Gasteiger partial charge in [-0.1, -0.05) is 30.3 Å². The van der Waals surface area contributed by atoms with E-state index in [-0.39, 0.29) is 5.84 Å². The Labute approximate surface area is 122 Å². The van der Waals surface area contributed by atoms with Crippen LogP contribution in [0.25, 0.3) is 0 Å². The van der Waals surface area contributed by atoms with E-state index in [2.05, 4.69) is 24.3 Å². The average Bonchev–Trinajstić information content (AvgIpc) is 2.88. The fourth-order valence-corrected chi connectivity index (χ4v) is 3.56. The number of ether oxygens (including phenoxy) is 1. The maximum atomic E-state index is 7.56. The fourth-order valence-electron chi connectivity index (χ4n) is 2.34. The van der Waals surface area contributed by atoms with Gasteiger partial charge in [0.1, 0.15) is 18.2 Å². The third kappa shape index (κ3) is 2.65. The number of hydrogen-bond acceptors (Lipinski definition) is 3. The van der Waals surface area contributed by atoms with Crippen LogP contribution in [0.2, 0.25) is 0 Å². The van der Waals surface area contributed by atoms with Gasteiger partial charge in [-0.2, -0.15) is 0 Å². The molecule has 20 heavy (non-hydrogen) atoms. The Bertz CT molecular complexity index is 617. The van der Waals surface area contributed by atoms with Crippen molar-refractivity contribution >= 4 is 17.6 Å². The molecule has 4 heteroatoms. The van der Waals surface area contributed by atoms with Gasteiger partial charge in [-0.3, -0.25) is 5.41 Å². The first kappa shape index (κ1) is 13.1. The van der Waals surface area contributed by atoms with Crippen LogP contribution in [-0.4, -0.2) is 17.7 Å². The van der Waals surface area contributed by atoms with Crippen LogP contribution < -0.4 is 10.5 Å². The van der Waals surface area contributed by atoms with Crippen molar-refractivity contribution in [3.8, 4) is 5.75 Å². The van der Waals surface area contributed by atoms with Gasteiger partial charge in [-0.05, 0) is 30.2 Å². The maximum Gasteiger partial charge on any atom is 0.130 e. The van der Waals surface area contributed by atoms with Crippen molar-refractivity contribution in [3.63, 3.8) is 0 Å². The first-order chi connectivity index (χ1) is 9.74. The van der Waals surface area contributed by atoms with E-state index in [1.165, 1.54) is 10.5 Å². The minimum atomic E-state index is 0.0444. The van der Waals surface area contributed by atoms with Crippen molar-refractivity contribution in [3.05, 3.63) is 59.7 Å². The Morgan fingerprint density at radius 2 is 1.95 bits per heavy atom. The third-order valence-corrected chi connectivity index (χ3v) is 4.60. The molecule has 1 atom stereocenters. The van der Waals surface area contributed by atoms with E-state index in [4.69, 9.17) is 15.9 Å². The summed E-state index contributed by atoms with van der Waals surface area (Å²) in [6.07, 6.45) is 1.03. The summed E-state index contributed by atoms with van der Waals surface area (Å²) in [5, 5.41) is 7.99. The highest BCUT2D eigenvalue weighted by atomic mass is 32.2. The van der Waals surface area contributed by atoms with Gasteiger partial charge in [0.25, 0.3) is 0 Å². The molecule has 0 radical (unpaired) electrons. The lowest BCUT2D eigenvalue weighted by Gasteiger charge is -2.13. The number of nitrogens with one attached hydrogen (secondary N) is 1. The van der Waals surface area contributed by atoms with Gasteiger partial charge in [0, 0.05) is 10.1 Å². The number of thioether (sulfide) groups is 1. The van der Waals surface area contributed by atoms with Gasteiger partial charge < -0.3 is 10.5 Å². The zero-order valence-electron chi connectivity index (χ0n) is 11.0. The number of hydrogen-bond donors (Lipinski definition) is 2. The van der Waals surface area contributed by atoms with Gasteiger partial charge >= 0.3 is 0 Å². The summed E-state index contributed by atoms with van der Waals surface area (Å²) >= 11 is 1.86. The number of nitrogen functional groups attached to an aromatic ring is 1. The molecule has 0 aliphatic carbocycles. The minimum Gasteiger partial charge on any atom is -0.492 e. The van der Waals surface area contributed by atoms with Crippen LogP contribution in [0, 0.1) is 5.41 Å². The van der Waals surface area contributed by atoms with Crippen LogP contribution in [0.15, 0.2) is 53.4 Å². The van der Waals surface area contributed by atoms with Crippen LogP contribution in [0.4, 0.5) is 0 Å². The highest BCUT2D eigenvalue weighted by Gasteiger charge is 2.22. The molecule has 1 unspecified atom stereocenters. The topological polar surface area (TPSA) is 59.1 Å². The maximum absolute atomic E-state index is 7.56. The molecule has 1 aliphatic rings. The molecular weight excluding hydrogens is 268 g/mol. The van der Waals surface area contributed by atoms with Gasteiger partial charge in [0.15, 0.2) is 0 Å². The third-order valence-electron chi connectivity index (χ3n) is 3.32. The zero-order valence-corrected chi connectivity index (χ0v) is 11.8. The van der Waals surface area contributed by atoms with Crippen molar-refractivity contribution in [1.29, 1.82) is 5.41 Å². The number of para-hydroxylation sites is 1. The van der Waals surface area contributed by atoms with Crippen molar-refractivity contribution in [2.75, 3.05) is 6.61 Å². The molecule has 2 aromatic carbocycles. The molecular formula is C16H16N2OS. The molecule has 0 aromatic heterocycles. The molecule has 0 saturated carbocycles. The summed E-state index contributed by atoms with van der Waals surface area (Å²) in [5.41, 5.74) is 7.62. The first-order valence-corrected chi connectivity index (χ1v) is 7.43. The van der Waals surface area contributed by atoms with E-state index >= 15 is 0 Å². The normalized spacial score (nSPS) is 16.7. The van der Waals surface area contributed by atoms with Crippen molar-refractivity contribution in [2.24, 2.45) is 5.73 Å². The lowest BCUT2D eigenvalue weighted by molar-refractivity contribution is 0.317. The second-order valence-electron chi connectivity index (χ2n) is 4.77. The Balaban J connectivity index is 1.66.